The van der Waals surface area contributed by atoms with E-state index in [1.165, 1.54) is 5.54 Å². The Morgan fingerprint density at radius 2 is 2.21 bits per heavy atom. The molecule has 0 radical (unpaired) electrons. The Labute approximate surface area is 93.2 Å². The maximum Gasteiger partial charge on any atom is 0.0682 e. The van der Waals surface area contributed by atoms with Gasteiger partial charge in [0.05, 0.1) is 17.3 Å². The number of hydrogen-bond acceptors (Lipinski definition) is 2. The van der Waals surface area contributed by atoms with Crippen LogP contribution in [0, 0.1) is 0 Å². The molecule has 76 valence electrons. The standard InChI is InChI=1S/C10H11Cl2NO/c11-4-1-5-13-10-6-8(7-14)2-3-9(10)12/h1-4,6,13-14H,5,7H2/b4-1+. The molecule has 0 atom stereocenters. The summed E-state index contributed by atoms with van der Waals surface area (Å²) in [6.07, 6.45) is 1.77. The van der Waals surface area contributed by atoms with Gasteiger partial charge in [-0.15, -0.1) is 0 Å². The highest BCUT2D eigenvalue weighted by Gasteiger charge is 1.99. The lowest BCUT2D eigenvalue weighted by Gasteiger charge is -2.07. The van der Waals surface area contributed by atoms with Crippen LogP contribution in [0.5, 0.6) is 0 Å². The van der Waals surface area contributed by atoms with E-state index in [1.807, 2.05) is 6.07 Å². The van der Waals surface area contributed by atoms with E-state index in [9.17, 15) is 0 Å². The molecule has 0 fully saturated rings. The molecule has 0 saturated heterocycles. The van der Waals surface area contributed by atoms with E-state index < -0.39 is 0 Å². The van der Waals surface area contributed by atoms with Crippen molar-refractivity contribution in [3.63, 3.8) is 0 Å². The summed E-state index contributed by atoms with van der Waals surface area (Å²) < 4.78 is 0. The summed E-state index contributed by atoms with van der Waals surface area (Å²) in [6.45, 7) is 0.620. The minimum absolute atomic E-state index is 0.0111. The molecule has 0 spiro atoms. The molecule has 2 nitrogen and oxygen atoms in total. The van der Waals surface area contributed by atoms with Crippen LogP contribution in [0.1, 0.15) is 5.56 Å². The summed E-state index contributed by atoms with van der Waals surface area (Å²) in [7, 11) is 0. The second-order valence-electron chi connectivity index (χ2n) is 2.71. The van der Waals surface area contributed by atoms with Gasteiger partial charge in [0.1, 0.15) is 0 Å². The normalized spacial score (nSPS) is 10.8. The Bertz CT molecular complexity index is 326. The Kier molecular flexibility index (Phi) is 4.80. The third kappa shape index (κ3) is 3.22. The van der Waals surface area contributed by atoms with E-state index in [0.717, 1.165) is 11.3 Å². The second kappa shape index (κ2) is 5.91. The Morgan fingerprint density at radius 1 is 1.43 bits per heavy atom. The van der Waals surface area contributed by atoms with E-state index in [2.05, 4.69) is 5.32 Å². The van der Waals surface area contributed by atoms with Crippen LogP contribution >= 0.6 is 23.2 Å². The van der Waals surface area contributed by atoms with Crippen molar-refractivity contribution in [2.45, 2.75) is 6.61 Å². The van der Waals surface area contributed by atoms with Crippen molar-refractivity contribution < 1.29 is 5.11 Å². The molecule has 0 bridgehead atoms. The van der Waals surface area contributed by atoms with Crippen LogP contribution in [0.15, 0.2) is 29.8 Å². The molecule has 0 aliphatic rings. The van der Waals surface area contributed by atoms with E-state index in [4.69, 9.17) is 28.3 Å². The van der Waals surface area contributed by atoms with Crippen molar-refractivity contribution in [2.24, 2.45) is 0 Å². The molecule has 0 heterocycles. The summed E-state index contributed by atoms with van der Waals surface area (Å²) in [6, 6.07) is 5.34. The number of anilines is 1. The molecule has 1 aromatic carbocycles. The van der Waals surface area contributed by atoms with Gasteiger partial charge >= 0.3 is 0 Å². The van der Waals surface area contributed by atoms with Gasteiger partial charge < -0.3 is 10.4 Å². The van der Waals surface area contributed by atoms with Crippen molar-refractivity contribution in [3.8, 4) is 0 Å². The Morgan fingerprint density at radius 3 is 2.86 bits per heavy atom. The molecular weight excluding hydrogens is 221 g/mol. The van der Waals surface area contributed by atoms with E-state index in [1.54, 1.807) is 18.2 Å². The molecule has 0 aromatic heterocycles. The van der Waals surface area contributed by atoms with Gasteiger partial charge in [-0.2, -0.15) is 0 Å². The largest absolute Gasteiger partial charge is 0.392 e. The topological polar surface area (TPSA) is 32.3 Å². The molecule has 0 aliphatic carbocycles. The fourth-order valence-corrected chi connectivity index (χ4v) is 1.29. The Hall–Kier alpha value is -0.700. The zero-order chi connectivity index (χ0) is 10.4. The zero-order valence-corrected chi connectivity index (χ0v) is 9.02. The summed E-state index contributed by atoms with van der Waals surface area (Å²) >= 11 is 11.3. The molecule has 1 aromatic rings. The van der Waals surface area contributed by atoms with Crippen LogP contribution in [0.3, 0.4) is 0 Å². The smallest absolute Gasteiger partial charge is 0.0682 e. The van der Waals surface area contributed by atoms with Crippen LogP contribution < -0.4 is 5.32 Å². The van der Waals surface area contributed by atoms with Gasteiger partial charge in [-0.3, -0.25) is 0 Å². The average molecular weight is 232 g/mol. The molecule has 0 saturated carbocycles. The second-order valence-corrected chi connectivity index (χ2v) is 3.37. The minimum Gasteiger partial charge on any atom is -0.392 e. The lowest BCUT2D eigenvalue weighted by Crippen LogP contribution is -1.99. The first-order chi connectivity index (χ1) is 6.77. The summed E-state index contributed by atoms with van der Waals surface area (Å²) in [4.78, 5) is 0. The lowest BCUT2D eigenvalue weighted by molar-refractivity contribution is 0.282. The molecule has 4 heteroatoms. The van der Waals surface area contributed by atoms with Crippen LogP contribution in [0.25, 0.3) is 0 Å². The maximum absolute atomic E-state index is 8.92. The third-order valence-electron chi connectivity index (χ3n) is 1.71. The first kappa shape index (κ1) is 11.4. The first-order valence-electron chi connectivity index (χ1n) is 4.16. The molecule has 0 aliphatic heterocycles. The number of hydrogen-bond donors (Lipinski definition) is 2. The van der Waals surface area contributed by atoms with Crippen LogP contribution in [-0.4, -0.2) is 11.7 Å². The summed E-state index contributed by atoms with van der Waals surface area (Å²) in [5.41, 5.74) is 3.07. The van der Waals surface area contributed by atoms with Crippen LogP contribution in [-0.2, 0) is 6.61 Å². The third-order valence-corrected chi connectivity index (χ3v) is 2.22. The zero-order valence-electron chi connectivity index (χ0n) is 7.50. The highest BCUT2D eigenvalue weighted by Crippen LogP contribution is 2.22. The van der Waals surface area contributed by atoms with Gasteiger partial charge in [-0.05, 0) is 17.7 Å². The number of aliphatic hydroxyl groups excluding tert-OH is 1. The van der Waals surface area contributed by atoms with Gasteiger partial charge in [-0.25, -0.2) is 0 Å². The van der Waals surface area contributed by atoms with Crippen LogP contribution in [0.2, 0.25) is 5.02 Å². The maximum atomic E-state index is 8.92. The van der Waals surface area contributed by atoms with Gasteiger partial charge in [0.25, 0.3) is 0 Å². The highest BCUT2D eigenvalue weighted by atomic mass is 35.5. The molecule has 2 N–H and O–H groups in total. The fourth-order valence-electron chi connectivity index (χ4n) is 1.02. The van der Waals surface area contributed by atoms with Crippen molar-refractivity contribution >= 4 is 28.9 Å². The molecular formula is C10H11Cl2NO. The predicted octanol–water partition coefficient (Wildman–Crippen LogP) is 3.00. The van der Waals surface area contributed by atoms with Crippen LogP contribution in [0.4, 0.5) is 5.69 Å². The number of rotatable bonds is 4. The number of aliphatic hydroxyl groups is 1. The van der Waals surface area contributed by atoms with E-state index >= 15 is 0 Å². The molecule has 14 heavy (non-hydrogen) atoms. The quantitative estimate of drug-likeness (QED) is 0.836. The van der Waals surface area contributed by atoms with Crippen molar-refractivity contribution in [2.75, 3.05) is 11.9 Å². The van der Waals surface area contributed by atoms with E-state index in [0.29, 0.717) is 11.6 Å². The number of halogens is 2. The predicted molar refractivity (Wildman–Crippen MR) is 60.9 cm³/mol. The molecule has 0 amide bonds. The van der Waals surface area contributed by atoms with Crippen molar-refractivity contribution in [1.82, 2.24) is 0 Å². The van der Waals surface area contributed by atoms with Gasteiger partial charge in [-0.1, -0.05) is 35.3 Å². The first-order valence-corrected chi connectivity index (χ1v) is 4.97. The fraction of sp³-hybridized carbons (Fsp3) is 0.200. The van der Waals surface area contributed by atoms with Crippen molar-refractivity contribution in [1.29, 1.82) is 0 Å². The minimum atomic E-state index is 0.0111. The van der Waals surface area contributed by atoms with Gasteiger partial charge in [0, 0.05) is 12.1 Å². The monoisotopic (exact) mass is 231 g/mol. The lowest BCUT2D eigenvalue weighted by atomic mass is 10.2. The van der Waals surface area contributed by atoms with Crippen molar-refractivity contribution in [3.05, 3.63) is 40.4 Å². The number of benzene rings is 1. The number of nitrogens with one attached hydrogen (secondary N) is 1. The summed E-state index contributed by atoms with van der Waals surface area (Å²) in [5.74, 6) is 0. The van der Waals surface area contributed by atoms with Gasteiger partial charge in [0.2, 0.25) is 0 Å². The van der Waals surface area contributed by atoms with Gasteiger partial charge in [0.15, 0.2) is 0 Å². The highest BCUT2D eigenvalue weighted by molar-refractivity contribution is 6.33. The SMILES string of the molecule is OCc1ccc(Cl)c(NC/C=C/Cl)c1. The average Bonchev–Trinajstić information content (AvgIpc) is 2.21. The Balaban J connectivity index is 2.73. The van der Waals surface area contributed by atoms with E-state index in [-0.39, 0.29) is 6.61 Å². The molecule has 0 unspecified atom stereocenters. The summed E-state index contributed by atoms with van der Waals surface area (Å²) in [5, 5.41) is 12.6. The molecule has 1 rings (SSSR count).